The van der Waals surface area contributed by atoms with Gasteiger partial charge in [0.05, 0.1) is 16.0 Å². The summed E-state index contributed by atoms with van der Waals surface area (Å²) in [4.78, 5) is 29.9. The molecule has 5 rings (SSSR count). The van der Waals surface area contributed by atoms with Gasteiger partial charge in [-0.25, -0.2) is 17.9 Å². The number of nitro benzene ring substituents is 1. The Kier molecular flexibility index (Phi) is 7.76. The molecule has 0 spiro atoms. The zero-order chi connectivity index (χ0) is 28.3. The van der Waals surface area contributed by atoms with E-state index >= 15 is 0 Å². The molecule has 0 aliphatic carbocycles. The first-order valence-corrected chi connectivity index (χ1v) is 14.4. The van der Waals surface area contributed by atoms with Crippen molar-refractivity contribution in [2.45, 2.75) is 31.2 Å². The Hall–Kier alpha value is -4.36. The summed E-state index contributed by atoms with van der Waals surface area (Å²) in [5.74, 6) is 0.558. The summed E-state index contributed by atoms with van der Waals surface area (Å²) in [6.07, 6.45) is 4.52. The van der Waals surface area contributed by atoms with E-state index in [1.54, 1.807) is 15.6 Å². The summed E-state index contributed by atoms with van der Waals surface area (Å²) >= 11 is 0. The van der Waals surface area contributed by atoms with Crippen LogP contribution in [0.5, 0.6) is 0 Å². The van der Waals surface area contributed by atoms with Gasteiger partial charge in [0.1, 0.15) is 5.82 Å². The van der Waals surface area contributed by atoms with Gasteiger partial charge >= 0.3 is 0 Å². The summed E-state index contributed by atoms with van der Waals surface area (Å²) < 4.78 is 30.7. The first-order valence-electron chi connectivity index (χ1n) is 13.0. The van der Waals surface area contributed by atoms with E-state index in [-0.39, 0.29) is 36.1 Å². The molecule has 0 unspecified atom stereocenters. The van der Waals surface area contributed by atoms with E-state index in [1.165, 1.54) is 22.5 Å². The van der Waals surface area contributed by atoms with Gasteiger partial charge in [0.25, 0.3) is 5.69 Å². The van der Waals surface area contributed by atoms with Crippen LogP contribution in [0.4, 0.5) is 11.5 Å². The lowest BCUT2D eigenvalue weighted by atomic mass is 10.1. The zero-order valence-electron chi connectivity index (χ0n) is 21.9. The smallest absolute Gasteiger partial charge is 0.270 e. The van der Waals surface area contributed by atoms with Gasteiger partial charge in [0.2, 0.25) is 15.9 Å². The first kappa shape index (κ1) is 27.2. The minimum absolute atomic E-state index is 0.00478. The Labute approximate surface area is 231 Å². The maximum Gasteiger partial charge on any atom is 0.270 e. The average molecular weight is 564 g/mol. The van der Waals surface area contributed by atoms with Gasteiger partial charge in [-0.2, -0.15) is 9.40 Å². The first-order chi connectivity index (χ1) is 19.3. The molecule has 0 fully saturated rings. The normalized spacial score (nSPS) is 14.9. The number of hydrogen-bond donors (Lipinski definition) is 1. The zero-order valence-corrected chi connectivity index (χ0v) is 22.7. The van der Waals surface area contributed by atoms with Crippen LogP contribution in [-0.2, 0) is 21.4 Å². The van der Waals surface area contributed by atoms with Crippen LogP contribution in [0.15, 0.2) is 71.9 Å². The number of anilines is 1. The molecule has 1 aliphatic heterocycles. The van der Waals surface area contributed by atoms with Gasteiger partial charge in [0.15, 0.2) is 5.65 Å². The van der Waals surface area contributed by atoms with Crippen molar-refractivity contribution in [3.8, 4) is 11.1 Å². The van der Waals surface area contributed by atoms with Crippen molar-refractivity contribution in [3.05, 3.63) is 82.7 Å². The van der Waals surface area contributed by atoms with E-state index in [4.69, 9.17) is 4.98 Å². The van der Waals surface area contributed by atoms with E-state index in [9.17, 15) is 23.3 Å². The van der Waals surface area contributed by atoms with Crippen molar-refractivity contribution >= 4 is 33.1 Å². The fourth-order valence-electron chi connectivity index (χ4n) is 4.69. The molecule has 0 saturated carbocycles. The lowest BCUT2D eigenvalue weighted by molar-refractivity contribution is -0.385. The molecule has 40 heavy (non-hydrogen) atoms. The minimum atomic E-state index is -4.15. The molecule has 0 saturated heterocycles. The van der Waals surface area contributed by atoms with Gasteiger partial charge < -0.3 is 10.2 Å². The van der Waals surface area contributed by atoms with Crippen LogP contribution in [-0.4, -0.2) is 69.2 Å². The maximum atomic E-state index is 13.9. The van der Waals surface area contributed by atoms with E-state index < -0.39 is 14.9 Å². The van der Waals surface area contributed by atoms with Crippen molar-refractivity contribution in [3.63, 3.8) is 0 Å². The molecule has 3 heterocycles. The molecular weight excluding hydrogens is 534 g/mol. The minimum Gasteiger partial charge on any atom is -0.368 e. The molecule has 1 aliphatic rings. The third-order valence-electron chi connectivity index (χ3n) is 6.76. The molecule has 12 nitrogen and oxygen atoms in total. The van der Waals surface area contributed by atoms with Gasteiger partial charge in [-0.1, -0.05) is 31.2 Å². The largest absolute Gasteiger partial charge is 0.368 e. The molecule has 0 radical (unpaired) electrons. The van der Waals surface area contributed by atoms with E-state index in [2.05, 4.69) is 10.4 Å². The third kappa shape index (κ3) is 5.65. The predicted octanol–water partition coefficient (Wildman–Crippen LogP) is 3.55. The van der Waals surface area contributed by atoms with Crippen LogP contribution in [0, 0.1) is 10.1 Å². The maximum absolute atomic E-state index is 13.9. The van der Waals surface area contributed by atoms with Gasteiger partial charge in [0, 0.05) is 63.0 Å². The Morgan fingerprint density at radius 3 is 2.73 bits per heavy atom. The second kappa shape index (κ2) is 11.4. The second-order valence-electron chi connectivity index (χ2n) is 9.49. The van der Waals surface area contributed by atoms with Crippen molar-refractivity contribution in [1.29, 1.82) is 0 Å². The van der Waals surface area contributed by atoms with Gasteiger partial charge in [-0.05, 0) is 35.7 Å². The summed E-state index contributed by atoms with van der Waals surface area (Å²) in [7, 11) is -4.15. The summed E-state index contributed by atoms with van der Waals surface area (Å²) in [5, 5.41) is 19.0. The number of rotatable bonds is 5. The number of nitrogens with zero attached hydrogens (tertiary/aromatic N) is 6. The van der Waals surface area contributed by atoms with Gasteiger partial charge in [-0.15, -0.1) is 0 Å². The lowest BCUT2D eigenvalue weighted by Gasteiger charge is -2.28. The third-order valence-corrected chi connectivity index (χ3v) is 8.60. The quantitative estimate of drug-likeness (QED) is 0.287. The number of hydrogen-bond acceptors (Lipinski definition) is 8. The summed E-state index contributed by atoms with van der Waals surface area (Å²) in [6.45, 7) is 2.84. The molecule has 1 amide bonds. The Balaban J connectivity index is 1.58. The fourth-order valence-corrected chi connectivity index (χ4v) is 6.15. The summed E-state index contributed by atoms with van der Waals surface area (Å²) in [6, 6.07) is 14.3. The molecular formula is C27H29N7O5S. The number of carbonyl (C=O) groups excluding carboxylic acids is 1. The molecule has 1 N–H and O–H groups in total. The van der Waals surface area contributed by atoms with Crippen molar-refractivity contribution in [2.24, 2.45) is 0 Å². The Bertz CT molecular complexity index is 1670. The SMILES string of the molecule is CCCC(=O)N1CCNc2ccn3ncc(c3n2)-c2cccc(c2)CN(S(=O)(=O)c2cccc([N+](=O)[O-])c2)CC1. The summed E-state index contributed by atoms with van der Waals surface area (Å²) in [5.41, 5.74) is 2.64. The van der Waals surface area contributed by atoms with E-state index in [0.29, 0.717) is 43.0 Å². The number of non-ortho nitro benzene ring substituents is 1. The molecule has 2 aromatic heterocycles. The molecule has 4 bridgehead atoms. The number of fused-ring (bicyclic) bond motifs is 4. The molecule has 2 aromatic carbocycles. The standard InChI is InChI=1S/C27H29N7O5S/c1-2-5-26(35)31-13-11-28-25-10-12-33-27(30-25)24(18-29-33)21-7-3-6-20(16-21)19-32(15-14-31)40(38,39)23-9-4-8-22(17-23)34(36)37/h3-4,6-10,12,16-18H,2,5,11,13-15,19H2,1H3,(H,28,30). The molecule has 208 valence electrons. The number of aromatic nitrogens is 3. The number of nitro groups is 1. The number of sulfonamides is 1. The van der Waals surface area contributed by atoms with Crippen LogP contribution in [0.3, 0.4) is 0 Å². The van der Waals surface area contributed by atoms with Crippen molar-refractivity contribution < 1.29 is 18.1 Å². The number of carbonyl (C=O) groups is 1. The Morgan fingerprint density at radius 1 is 1.10 bits per heavy atom. The number of amides is 1. The Morgan fingerprint density at radius 2 is 1.93 bits per heavy atom. The second-order valence-corrected chi connectivity index (χ2v) is 11.4. The van der Waals surface area contributed by atoms with Crippen LogP contribution in [0.1, 0.15) is 25.3 Å². The molecule has 4 aromatic rings. The molecule has 0 atom stereocenters. The van der Waals surface area contributed by atoms with Crippen LogP contribution < -0.4 is 5.32 Å². The van der Waals surface area contributed by atoms with Crippen molar-refractivity contribution in [2.75, 3.05) is 31.5 Å². The highest BCUT2D eigenvalue weighted by Crippen LogP contribution is 2.27. The van der Waals surface area contributed by atoms with Gasteiger partial charge in [-0.3, -0.25) is 14.9 Å². The number of benzene rings is 2. The highest BCUT2D eigenvalue weighted by Gasteiger charge is 2.28. The molecule has 13 heteroatoms. The fraction of sp³-hybridized carbons (Fsp3) is 0.296. The number of nitrogens with one attached hydrogen (secondary N) is 1. The van der Waals surface area contributed by atoms with Crippen LogP contribution in [0.2, 0.25) is 0 Å². The van der Waals surface area contributed by atoms with Crippen LogP contribution in [0.25, 0.3) is 16.8 Å². The average Bonchev–Trinajstić information content (AvgIpc) is 3.37. The highest BCUT2D eigenvalue weighted by molar-refractivity contribution is 7.89. The highest BCUT2D eigenvalue weighted by atomic mass is 32.2. The van der Waals surface area contributed by atoms with Crippen molar-refractivity contribution in [1.82, 2.24) is 23.8 Å². The predicted molar refractivity (Wildman–Crippen MR) is 149 cm³/mol. The van der Waals surface area contributed by atoms with E-state index in [0.717, 1.165) is 17.2 Å². The monoisotopic (exact) mass is 563 g/mol. The lowest BCUT2D eigenvalue weighted by Crippen LogP contribution is -2.42. The van der Waals surface area contributed by atoms with E-state index in [1.807, 2.05) is 43.5 Å². The van der Waals surface area contributed by atoms with Crippen LogP contribution >= 0.6 is 0 Å². The topological polar surface area (TPSA) is 143 Å².